The van der Waals surface area contributed by atoms with E-state index >= 15 is 0 Å². The number of sulfone groups is 1. The number of aliphatic carboxylic acids is 1. The lowest BCUT2D eigenvalue weighted by Crippen LogP contribution is -2.11. The molecule has 1 aliphatic carbocycles. The molecular formula is C16H19NO6S. The van der Waals surface area contributed by atoms with E-state index in [1.165, 1.54) is 18.2 Å². The lowest BCUT2D eigenvalue weighted by Gasteiger charge is -2.24. The molecule has 8 heteroatoms. The van der Waals surface area contributed by atoms with Crippen LogP contribution < -0.4 is 0 Å². The van der Waals surface area contributed by atoms with E-state index < -0.39 is 26.4 Å². The van der Waals surface area contributed by atoms with Crippen LogP contribution in [0.5, 0.6) is 0 Å². The minimum absolute atomic E-state index is 0.0125. The number of hydrogen-bond acceptors (Lipinski definition) is 5. The van der Waals surface area contributed by atoms with Gasteiger partial charge in [-0.05, 0) is 36.0 Å². The predicted octanol–water partition coefficient (Wildman–Crippen LogP) is 3.05. The molecule has 0 radical (unpaired) electrons. The largest absolute Gasteiger partial charge is 0.478 e. The van der Waals surface area contributed by atoms with Crippen molar-refractivity contribution in [2.24, 2.45) is 5.92 Å². The van der Waals surface area contributed by atoms with Crippen LogP contribution in [0.1, 0.15) is 37.7 Å². The van der Waals surface area contributed by atoms with Crippen LogP contribution in [0.3, 0.4) is 0 Å². The lowest BCUT2D eigenvalue weighted by molar-refractivity contribution is -0.387. The molecule has 0 spiro atoms. The molecule has 0 atom stereocenters. The van der Waals surface area contributed by atoms with Crippen molar-refractivity contribution < 1.29 is 23.2 Å². The molecule has 0 aliphatic heterocycles. The molecule has 24 heavy (non-hydrogen) atoms. The van der Waals surface area contributed by atoms with Crippen LogP contribution in [0.4, 0.5) is 5.69 Å². The molecule has 1 aliphatic rings. The van der Waals surface area contributed by atoms with Crippen LogP contribution in [0, 0.1) is 16.0 Å². The number of nitro groups is 1. The van der Waals surface area contributed by atoms with Gasteiger partial charge in [0.25, 0.3) is 5.69 Å². The number of nitrogens with zero attached hydrogens (tertiary/aromatic N) is 1. The van der Waals surface area contributed by atoms with Crippen molar-refractivity contribution >= 4 is 27.1 Å². The Morgan fingerprint density at radius 2 is 1.92 bits per heavy atom. The molecule has 0 heterocycles. The van der Waals surface area contributed by atoms with Gasteiger partial charge < -0.3 is 5.11 Å². The maximum Gasteiger partial charge on any atom is 0.328 e. The summed E-state index contributed by atoms with van der Waals surface area (Å²) in [6.07, 6.45) is 6.67. The second-order valence-electron chi connectivity index (χ2n) is 5.98. The Kier molecular flexibility index (Phi) is 5.38. The smallest absolute Gasteiger partial charge is 0.328 e. The van der Waals surface area contributed by atoms with Gasteiger partial charge in [0.05, 0.1) is 4.92 Å². The number of allylic oxidation sites excluding steroid dienone is 1. The maximum atomic E-state index is 11.7. The summed E-state index contributed by atoms with van der Waals surface area (Å²) in [5.74, 6) is -1.11. The first-order valence-corrected chi connectivity index (χ1v) is 9.52. The molecule has 0 amide bonds. The Balaban J connectivity index is 2.56. The fraction of sp³-hybridized carbons (Fsp3) is 0.438. The average Bonchev–Trinajstić information content (AvgIpc) is 2.52. The van der Waals surface area contributed by atoms with Crippen molar-refractivity contribution in [1.29, 1.82) is 0 Å². The van der Waals surface area contributed by atoms with Crippen LogP contribution in [0.2, 0.25) is 0 Å². The van der Waals surface area contributed by atoms with Gasteiger partial charge in [0.1, 0.15) is 4.90 Å². The SMILES string of the molecule is CS(=O)(=O)c1ccc(/C(=C/C(=O)O)C2CCCCC2)cc1[N+](=O)[O-]. The number of benzene rings is 1. The van der Waals surface area contributed by atoms with E-state index in [9.17, 15) is 23.3 Å². The minimum atomic E-state index is -3.75. The molecule has 1 aromatic rings. The predicted molar refractivity (Wildman–Crippen MR) is 88.4 cm³/mol. The summed E-state index contributed by atoms with van der Waals surface area (Å²) in [4.78, 5) is 21.3. The minimum Gasteiger partial charge on any atom is -0.478 e. The third-order valence-electron chi connectivity index (χ3n) is 4.21. The van der Waals surface area contributed by atoms with Gasteiger partial charge in [0.2, 0.25) is 0 Å². The highest BCUT2D eigenvalue weighted by molar-refractivity contribution is 7.90. The Hall–Kier alpha value is -2.22. The number of hydrogen-bond donors (Lipinski definition) is 1. The average molecular weight is 353 g/mol. The maximum absolute atomic E-state index is 11.7. The summed E-state index contributed by atoms with van der Waals surface area (Å²) in [6.45, 7) is 0. The second kappa shape index (κ2) is 7.12. The summed E-state index contributed by atoms with van der Waals surface area (Å²) in [5.41, 5.74) is 0.385. The Morgan fingerprint density at radius 1 is 1.29 bits per heavy atom. The van der Waals surface area contributed by atoms with Gasteiger partial charge in [-0.2, -0.15) is 0 Å². The van der Waals surface area contributed by atoms with Crippen LogP contribution >= 0.6 is 0 Å². The van der Waals surface area contributed by atoms with Crippen molar-refractivity contribution in [3.63, 3.8) is 0 Å². The van der Waals surface area contributed by atoms with E-state index in [0.29, 0.717) is 11.1 Å². The third kappa shape index (κ3) is 4.19. The second-order valence-corrected chi connectivity index (χ2v) is 7.97. The molecular weight excluding hydrogens is 334 g/mol. The number of carbonyl (C=O) groups is 1. The quantitative estimate of drug-likeness (QED) is 0.494. The third-order valence-corrected chi connectivity index (χ3v) is 5.36. The summed E-state index contributed by atoms with van der Waals surface area (Å²) >= 11 is 0. The van der Waals surface area contributed by atoms with Gasteiger partial charge in [0, 0.05) is 18.4 Å². The molecule has 1 fully saturated rings. The zero-order chi connectivity index (χ0) is 17.9. The van der Waals surface area contributed by atoms with Crippen molar-refractivity contribution in [2.45, 2.75) is 37.0 Å². The fourth-order valence-corrected chi connectivity index (χ4v) is 3.97. The fourth-order valence-electron chi connectivity index (χ4n) is 3.14. The van der Waals surface area contributed by atoms with Gasteiger partial charge in [0.15, 0.2) is 9.84 Å². The highest BCUT2D eigenvalue weighted by Gasteiger charge is 2.26. The molecule has 7 nitrogen and oxygen atoms in total. The van der Waals surface area contributed by atoms with Crippen molar-refractivity contribution in [3.05, 3.63) is 40.0 Å². The molecule has 0 bridgehead atoms. The first-order valence-electron chi connectivity index (χ1n) is 7.63. The molecule has 2 rings (SSSR count). The van der Waals surface area contributed by atoms with Crippen LogP contribution in [0.15, 0.2) is 29.2 Å². The number of rotatable bonds is 5. The summed E-state index contributed by atoms with van der Waals surface area (Å²) in [5, 5.41) is 20.4. The Morgan fingerprint density at radius 3 is 2.42 bits per heavy atom. The highest BCUT2D eigenvalue weighted by atomic mass is 32.2. The van der Waals surface area contributed by atoms with Gasteiger partial charge in [-0.1, -0.05) is 25.3 Å². The molecule has 130 valence electrons. The van der Waals surface area contributed by atoms with Crippen LogP contribution in [-0.4, -0.2) is 30.7 Å². The summed E-state index contributed by atoms with van der Waals surface area (Å²) < 4.78 is 23.4. The van der Waals surface area contributed by atoms with E-state index in [0.717, 1.165) is 44.4 Å². The number of nitro benzene ring substituents is 1. The Bertz CT molecular complexity index is 791. The van der Waals surface area contributed by atoms with Gasteiger partial charge >= 0.3 is 5.97 Å². The van der Waals surface area contributed by atoms with E-state index in [1.807, 2.05) is 0 Å². The van der Waals surface area contributed by atoms with Crippen LogP contribution in [0.25, 0.3) is 5.57 Å². The van der Waals surface area contributed by atoms with Gasteiger partial charge in [-0.3, -0.25) is 10.1 Å². The van der Waals surface area contributed by atoms with E-state index in [1.54, 1.807) is 0 Å². The molecule has 0 saturated heterocycles. The van der Waals surface area contributed by atoms with Crippen molar-refractivity contribution in [1.82, 2.24) is 0 Å². The molecule has 1 N–H and O–H groups in total. The summed E-state index contributed by atoms with van der Waals surface area (Å²) in [7, 11) is -3.75. The zero-order valence-corrected chi connectivity index (χ0v) is 14.1. The molecule has 0 aromatic heterocycles. The van der Waals surface area contributed by atoms with Gasteiger partial charge in [-0.15, -0.1) is 0 Å². The standard InChI is InChI=1S/C16H19NO6S/c1-24(22,23)15-8-7-12(9-14(15)17(20)21)13(10-16(18)19)11-5-3-2-4-6-11/h7-11H,2-6H2,1H3,(H,18,19)/b13-10+. The number of carboxylic acid groups (broad SMARTS) is 1. The topological polar surface area (TPSA) is 115 Å². The monoisotopic (exact) mass is 353 g/mol. The van der Waals surface area contributed by atoms with Crippen LogP contribution in [-0.2, 0) is 14.6 Å². The first-order chi connectivity index (χ1) is 11.2. The molecule has 1 aromatic carbocycles. The normalized spacial score (nSPS) is 16.8. The van der Waals surface area contributed by atoms with Crippen molar-refractivity contribution in [3.8, 4) is 0 Å². The van der Waals surface area contributed by atoms with Crippen molar-refractivity contribution in [2.75, 3.05) is 6.26 Å². The first kappa shape index (κ1) is 18.1. The Labute approximate surface area is 140 Å². The molecule has 1 saturated carbocycles. The number of carboxylic acids is 1. The molecule has 0 unspecified atom stereocenters. The zero-order valence-electron chi connectivity index (χ0n) is 13.3. The summed E-state index contributed by atoms with van der Waals surface area (Å²) in [6, 6.07) is 3.80. The van der Waals surface area contributed by atoms with Gasteiger partial charge in [-0.25, -0.2) is 13.2 Å². The van der Waals surface area contributed by atoms with E-state index in [4.69, 9.17) is 5.11 Å². The van der Waals surface area contributed by atoms with E-state index in [-0.39, 0.29) is 10.8 Å². The lowest BCUT2D eigenvalue weighted by atomic mass is 9.80. The van der Waals surface area contributed by atoms with E-state index in [2.05, 4.69) is 0 Å². The highest BCUT2D eigenvalue weighted by Crippen LogP contribution is 2.37.